The van der Waals surface area contributed by atoms with E-state index in [4.69, 9.17) is 4.74 Å². The van der Waals surface area contributed by atoms with Gasteiger partial charge in [-0.2, -0.15) is 5.10 Å². The normalized spacial score (nSPS) is 11.3. The zero-order valence-electron chi connectivity index (χ0n) is 15.9. The van der Waals surface area contributed by atoms with Gasteiger partial charge in [-0.05, 0) is 42.7 Å². The highest BCUT2D eigenvalue weighted by molar-refractivity contribution is 6.01. The molecule has 0 bridgehead atoms. The Bertz CT molecular complexity index is 784. The van der Waals surface area contributed by atoms with Crippen LogP contribution in [0.15, 0.2) is 59.7 Å². The highest BCUT2D eigenvalue weighted by atomic mass is 16.5. The fraction of sp³-hybridized carbons (Fsp3) is 0.286. The highest BCUT2D eigenvalue weighted by Gasteiger charge is 2.06. The van der Waals surface area contributed by atoms with Crippen LogP contribution in [0, 0.1) is 5.92 Å². The minimum Gasteiger partial charge on any atom is -0.371 e. The van der Waals surface area contributed by atoms with E-state index < -0.39 is 0 Å². The second-order valence-corrected chi connectivity index (χ2v) is 6.54. The van der Waals surface area contributed by atoms with Crippen LogP contribution in [0.1, 0.15) is 36.7 Å². The smallest absolute Gasteiger partial charge is 0.271 e. The number of ether oxygens (including phenoxy) is 1. The minimum atomic E-state index is -0.264. The number of carbonyl (C=O) groups is 2. The molecule has 0 aliphatic heterocycles. The van der Waals surface area contributed by atoms with E-state index in [0.29, 0.717) is 29.5 Å². The predicted octanol–water partition coefficient (Wildman–Crippen LogP) is 3.45. The Morgan fingerprint density at radius 1 is 1.00 bits per heavy atom. The first-order valence-electron chi connectivity index (χ1n) is 8.83. The number of nitrogens with one attached hydrogen (secondary N) is 2. The predicted molar refractivity (Wildman–Crippen MR) is 107 cm³/mol. The van der Waals surface area contributed by atoms with Gasteiger partial charge in [0.1, 0.15) is 6.61 Å². The van der Waals surface area contributed by atoms with Gasteiger partial charge in [0, 0.05) is 17.9 Å². The number of carbonyl (C=O) groups excluding carboxylic acids is 2. The molecule has 0 unspecified atom stereocenters. The van der Waals surface area contributed by atoms with Crippen LogP contribution in [0.4, 0.5) is 5.69 Å². The van der Waals surface area contributed by atoms with Gasteiger partial charge in [0.05, 0.1) is 5.71 Å². The van der Waals surface area contributed by atoms with Crippen LogP contribution < -0.4 is 10.7 Å². The standard InChI is InChI=1S/C21H25N3O3/c1-15(2)13-27-14-20(25)22-19-11-9-17(10-12-19)16(3)23-24-21(26)18-7-5-4-6-8-18/h4-12,15H,13-14H2,1-3H3,(H,22,25)(H,24,26)/b23-16-. The lowest BCUT2D eigenvalue weighted by Crippen LogP contribution is -2.20. The average Bonchev–Trinajstić information content (AvgIpc) is 2.66. The molecule has 0 aliphatic carbocycles. The lowest BCUT2D eigenvalue weighted by Gasteiger charge is -2.09. The van der Waals surface area contributed by atoms with Crippen molar-refractivity contribution in [3.63, 3.8) is 0 Å². The summed E-state index contributed by atoms with van der Waals surface area (Å²) in [7, 11) is 0. The molecule has 0 heterocycles. The molecule has 2 N–H and O–H groups in total. The lowest BCUT2D eigenvalue weighted by molar-refractivity contribution is -0.120. The molecule has 6 heteroatoms. The Morgan fingerprint density at radius 2 is 1.67 bits per heavy atom. The van der Waals surface area contributed by atoms with Crippen LogP contribution in [0.2, 0.25) is 0 Å². The van der Waals surface area contributed by atoms with Crippen molar-refractivity contribution in [1.82, 2.24) is 5.43 Å². The number of amides is 2. The summed E-state index contributed by atoms with van der Waals surface area (Å²) in [5.41, 5.74) is 5.27. The molecule has 142 valence electrons. The molecule has 27 heavy (non-hydrogen) atoms. The lowest BCUT2D eigenvalue weighted by atomic mass is 10.1. The first kappa shape index (κ1) is 20.3. The van der Waals surface area contributed by atoms with Crippen molar-refractivity contribution in [2.45, 2.75) is 20.8 Å². The SMILES string of the molecule is C/C(=N/NC(=O)c1ccccc1)c1ccc(NC(=O)COCC(C)C)cc1. The molecule has 0 aromatic heterocycles. The van der Waals surface area contributed by atoms with E-state index in [-0.39, 0.29) is 18.4 Å². The van der Waals surface area contributed by atoms with Crippen LogP contribution in [0.5, 0.6) is 0 Å². The summed E-state index contributed by atoms with van der Waals surface area (Å²) in [4.78, 5) is 23.8. The molecule has 2 aromatic rings. The van der Waals surface area contributed by atoms with Gasteiger partial charge in [0.25, 0.3) is 5.91 Å². The Hall–Kier alpha value is -2.99. The number of anilines is 1. The van der Waals surface area contributed by atoms with Gasteiger partial charge >= 0.3 is 0 Å². The number of hydrogen-bond donors (Lipinski definition) is 2. The van der Waals surface area contributed by atoms with Crippen molar-refractivity contribution in [3.05, 3.63) is 65.7 Å². The number of nitrogens with zero attached hydrogens (tertiary/aromatic N) is 1. The summed E-state index contributed by atoms with van der Waals surface area (Å²) in [6, 6.07) is 16.1. The zero-order valence-corrected chi connectivity index (χ0v) is 15.9. The molecule has 0 atom stereocenters. The maximum absolute atomic E-state index is 12.0. The third kappa shape index (κ3) is 7.03. The second-order valence-electron chi connectivity index (χ2n) is 6.54. The molecule has 0 radical (unpaired) electrons. The highest BCUT2D eigenvalue weighted by Crippen LogP contribution is 2.10. The fourth-order valence-corrected chi connectivity index (χ4v) is 2.23. The van der Waals surface area contributed by atoms with Crippen molar-refractivity contribution in [1.29, 1.82) is 0 Å². The maximum Gasteiger partial charge on any atom is 0.271 e. The van der Waals surface area contributed by atoms with Gasteiger partial charge in [-0.3, -0.25) is 9.59 Å². The van der Waals surface area contributed by atoms with Crippen molar-refractivity contribution >= 4 is 23.2 Å². The van der Waals surface area contributed by atoms with Crippen LogP contribution in [0.3, 0.4) is 0 Å². The quantitative estimate of drug-likeness (QED) is 0.554. The summed E-state index contributed by atoms with van der Waals surface area (Å²) in [5, 5.41) is 6.91. The van der Waals surface area contributed by atoms with E-state index in [9.17, 15) is 9.59 Å². The molecule has 0 saturated carbocycles. The summed E-state index contributed by atoms with van der Waals surface area (Å²) in [6.07, 6.45) is 0. The van der Waals surface area contributed by atoms with Crippen molar-refractivity contribution in [2.24, 2.45) is 11.0 Å². The van der Waals surface area contributed by atoms with Crippen LogP contribution in [0.25, 0.3) is 0 Å². The average molecular weight is 367 g/mol. The van der Waals surface area contributed by atoms with Crippen LogP contribution in [-0.4, -0.2) is 30.7 Å². The Morgan fingerprint density at radius 3 is 2.30 bits per heavy atom. The largest absolute Gasteiger partial charge is 0.371 e. The molecule has 2 rings (SSSR count). The Balaban J connectivity index is 1.88. The number of hydrogen-bond acceptors (Lipinski definition) is 4. The molecule has 0 saturated heterocycles. The van der Waals surface area contributed by atoms with Gasteiger partial charge in [-0.15, -0.1) is 0 Å². The van der Waals surface area contributed by atoms with Gasteiger partial charge in [-0.25, -0.2) is 5.43 Å². The molecule has 0 fully saturated rings. The third-order valence-corrected chi connectivity index (χ3v) is 3.63. The molecular formula is C21H25N3O3. The van der Waals surface area contributed by atoms with E-state index in [2.05, 4.69) is 15.8 Å². The first-order valence-corrected chi connectivity index (χ1v) is 8.83. The minimum absolute atomic E-state index is 0.0337. The van der Waals surface area contributed by atoms with E-state index in [0.717, 1.165) is 5.56 Å². The van der Waals surface area contributed by atoms with Crippen LogP contribution in [-0.2, 0) is 9.53 Å². The van der Waals surface area contributed by atoms with Crippen molar-refractivity contribution in [2.75, 3.05) is 18.5 Å². The summed E-state index contributed by atoms with van der Waals surface area (Å²) < 4.78 is 5.31. The van der Waals surface area contributed by atoms with E-state index in [1.165, 1.54) is 0 Å². The Labute approximate surface area is 159 Å². The molecule has 0 aliphatic rings. The van der Waals surface area contributed by atoms with E-state index >= 15 is 0 Å². The van der Waals surface area contributed by atoms with Gasteiger partial charge in [-0.1, -0.05) is 44.2 Å². The monoisotopic (exact) mass is 367 g/mol. The van der Waals surface area contributed by atoms with E-state index in [1.54, 1.807) is 43.3 Å². The summed E-state index contributed by atoms with van der Waals surface area (Å²) in [6.45, 7) is 6.45. The molecule has 2 amide bonds. The third-order valence-electron chi connectivity index (χ3n) is 3.63. The number of hydrazone groups is 1. The molecule has 0 spiro atoms. The van der Waals surface area contributed by atoms with Crippen molar-refractivity contribution in [3.8, 4) is 0 Å². The summed E-state index contributed by atoms with van der Waals surface area (Å²) in [5.74, 6) is -0.0640. The fourth-order valence-electron chi connectivity index (χ4n) is 2.23. The maximum atomic E-state index is 12.0. The van der Waals surface area contributed by atoms with E-state index in [1.807, 2.05) is 32.0 Å². The molecule has 2 aromatic carbocycles. The molecular weight excluding hydrogens is 342 g/mol. The number of rotatable bonds is 8. The topological polar surface area (TPSA) is 79.8 Å². The Kier molecular flexibility index (Phi) is 7.70. The van der Waals surface area contributed by atoms with Gasteiger partial charge in [0.15, 0.2) is 0 Å². The van der Waals surface area contributed by atoms with Crippen molar-refractivity contribution < 1.29 is 14.3 Å². The second kappa shape index (κ2) is 10.2. The van der Waals surface area contributed by atoms with Crippen LogP contribution >= 0.6 is 0 Å². The van der Waals surface area contributed by atoms with Gasteiger partial charge < -0.3 is 10.1 Å². The van der Waals surface area contributed by atoms with Gasteiger partial charge in [0.2, 0.25) is 5.91 Å². The molecule has 6 nitrogen and oxygen atoms in total. The first-order chi connectivity index (χ1) is 13.0. The summed E-state index contributed by atoms with van der Waals surface area (Å²) >= 11 is 0. The zero-order chi connectivity index (χ0) is 19.6. The number of benzene rings is 2.